The summed E-state index contributed by atoms with van der Waals surface area (Å²) >= 11 is 3.59. The van der Waals surface area contributed by atoms with E-state index in [2.05, 4.69) is 155 Å². The first-order valence-electron chi connectivity index (χ1n) is 12.6. The minimum Gasteiger partial charge on any atom is -0.0616 e. The highest BCUT2D eigenvalue weighted by molar-refractivity contribution is 9.10. The van der Waals surface area contributed by atoms with Crippen molar-refractivity contribution >= 4 is 48.2 Å². The molecule has 0 fully saturated rings. The molecule has 0 aliphatic rings. The summed E-state index contributed by atoms with van der Waals surface area (Å²) in [7, 11) is 0. The highest BCUT2D eigenvalue weighted by atomic mass is 79.9. The van der Waals surface area contributed by atoms with Crippen LogP contribution in [0.25, 0.3) is 65.7 Å². The second-order valence-electron chi connectivity index (χ2n) is 9.49. The summed E-state index contributed by atoms with van der Waals surface area (Å²) in [6, 6.07) is 50.6. The molecular formula is C36H23Br. The van der Waals surface area contributed by atoms with Crippen molar-refractivity contribution in [2.75, 3.05) is 0 Å². The summed E-state index contributed by atoms with van der Waals surface area (Å²) in [5.74, 6) is 0. The van der Waals surface area contributed by atoms with E-state index in [9.17, 15) is 0 Å². The van der Waals surface area contributed by atoms with Crippen molar-refractivity contribution in [1.29, 1.82) is 0 Å². The molecule has 0 radical (unpaired) electrons. The highest BCUT2D eigenvalue weighted by Crippen LogP contribution is 2.44. The Kier molecular flexibility index (Phi) is 5.38. The fraction of sp³-hybridized carbons (Fsp3) is 0. The van der Waals surface area contributed by atoms with E-state index in [-0.39, 0.29) is 0 Å². The summed E-state index contributed by atoms with van der Waals surface area (Å²) < 4.78 is 1.09. The monoisotopic (exact) mass is 534 g/mol. The number of hydrogen-bond acceptors (Lipinski definition) is 0. The molecule has 0 nitrogen and oxygen atoms in total. The lowest BCUT2D eigenvalue weighted by Gasteiger charge is -2.18. The van der Waals surface area contributed by atoms with Gasteiger partial charge in [0.05, 0.1) is 0 Å². The van der Waals surface area contributed by atoms with Gasteiger partial charge in [-0.3, -0.25) is 0 Å². The van der Waals surface area contributed by atoms with Gasteiger partial charge in [0.1, 0.15) is 0 Å². The van der Waals surface area contributed by atoms with Crippen molar-refractivity contribution in [2.45, 2.75) is 0 Å². The van der Waals surface area contributed by atoms with Crippen LogP contribution in [0.1, 0.15) is 0 Å². The maximum atomic E-state index is 3.59. The number of fused-ring (bicyclic) bond motifs is 3. The van der Waals surface area contributed by atoms with Crippen molar-refractivity contribution in [2.24, 2.45) is 0 Å². The fourth-order valence-corrected chi connectivity index (χ4v) is 5.83. The van der Waals surface area contributed by atoms with Crippen LogP contribution in [0.2, 0.25) is 0 Å². The van der Waals surface area contributed by atoms with Crippen LogP contribution in [-0.2, 0) is 0 Å². The molecule has 0 heterocycles. The molecule has 0 bridgehead atoms. The van der Waals surface area contributed by atoms with Gasteiger partial charge in [-0.15, -0.1) is 0 Å². The molecule has 1 heteroatoms. The van der Waals surface area contributed by atoms with Gasteiger partial charge in [-0.05, 0) is 83.9 Å². The van der Waals surface area contributed by atoms with E-state index < -0.39 is 0 Å². The summed E-state index contributed by atoms with van der Waals surface area (Å²) in [4.78, 5) is 0. The second kappa shape index (κ2) is 9.03. The van der Waals surface area contributed by atoms with Gasteiger partial charge in [-0.25, -0.2) is 0 Å². The van der Waals surface area contributed by atoms with Gasteiger partial charge in [-0.1, -0.05) is 137 Å². The average Bonchev–Trinajstić information content (AvgIpc) is 2.96. The molecule has 0 aliphatic heterocycles. The molecule has 0 amide bonds. The van der Waals surface area contributed by atoms with Gasteiger partial charge < -0.3 is 0 Å². The molecular weight excluding hydrogens is 512 g/mol. The predicted octanol–water partition coefficient (Wildman–Crippen LogP) is 10.9. The quantitative estimate of drug-likeness (QED) is 0.198. The van der Waals surface area contributed by atoms with Crippen LogP contribution in [0.5, 0.6) is 0 Å². The maximum absolute atomic E-state index is 3.59. The lowest BCUT2D eigenvalue weighted by molar-refractivity contribution is 1.62. The Morgan fingerprint density at radius 3 is 1.27 bits per heavy atom. The maximum Gasteiger partial charge on any atom is 0.0175 e. The van der Waals surface area contributed by atoms with E-state index >= 15 is 0 Å². The molecule has 37 heavy (non-hydrogen) atoms. The van der Waals surface area contributed by atoms with Crippen molar-refractivity contribution < 1.29 is 0 Å². The second-order valence-corrected chi connectivity index (χ2v) is 10.4. The molecule has 0 aromatic heterocycles. The third-order valence-electron chi connectivity index (χ3n) is 7.32. The third kappa shape index (κ3) is 3.84. The summed E-state index contributed by atoms with van der Waals surface area (Å²) in [5, 5.41) is 7.64. The van der Waals surface area contributed by atoms with Crippen LogP contribution in [0.15, 0.2) is 144 Å². The minimum atomic E-state index is 1.09. The van der Waals surface area contributed by atoms with Gasteiger partial charge in [0.15, 0.2) is 0 Å². The van der Waals surface area contributed by atoms with Gasteiger partial charge in [0.2, 0.25) is 0 Å². The number of halogens is 1. The zero-order chi connectivity index (χ0) is 24.8. The summed E-state index contributed by atoms with van der Waals surface area (Å²) in [5.41, 5.74) is 7.51. The zero-order valence-corrected chi connectivity index (χ0v) is 21.7. The highest BCUT2D eigenvalue weighted by Gasteiger charge is 2.16. The van der Waals surface area contributed by atoms with E-state index in [4.69, 9.17) is 0 Å². The number of hydrogen-bond donors (Lipinski definition) is 0. The van der Waals surface area contributed by atoms with Crippen molar-refractivity contribution in [3.63, 3.8) is 0 Å². The standard InChI is InChI=1S/C36H23Br/c37-30-21-19-27(20-22-30)36-33-11-5-3-9-31(33)35(32-10-4-6-12-34(32)36)26-16-13-25(14-17-26)29-18-15-24-7-1-2-8-28(24)23-29/h1-23H. The van der Waals surface area contributed by atoms with Gasteiger partial charge in [0.25, 0.3) is 0 Å². The van der Waals surface area contributed by atoms with Crippen molar-refractivity contribution in [3.05, 3.63) is 144 Å². The van der Waals surface area contributed by atoms with Crippen LogP contribution >= 0.6 is 15.9 Å². The van der Waals surface area contributed by atoms with Crippen LogP contribution in [0.3, 0.4) is 0 Å². The zero-order valence-electron chi connectivity index (χ0n) is 20.2. The van der Waals surface area contributed by atoms with E-state index in [1.807, 2.05) is 0 Å². The lowest BCUT2D eigenvalue weighted by Crippen LogP contribution is -1.90. The molecule has 0 saturated heterocycles. The predicted molar refractivity (Wildman–Crippen MR) is 163 cm³/mol. The van der Waals surface area contributed by atoms with Crippen LogP contribution in [-0.4, -0.2) is 0 Å². The molecule has 174 valence electrons. The van der Waals surface area contributed by atoms with Crippen LogP contribution in [0, 0.1) is 0 Å². The lowest BCUT2D eigenvalue weighted by atomic mass is 9.85. The van der Waals surface area contributed by atoms with E-state index in [1.165, 1.54) is 65.7 Å². The Morgan fingerprint density at radius 2 is 0.730 bits per heavy atom. The summed E-state index contributed by atoms with van der Waals surface area (Å²) in [6.07, 6.45) is 0. The fourth-order valence-electron chi connectivity index (χ4n) is 5.57. The molecule has 7 aromatic rings. The van der Waals surface area contributed by atoms with Crippen molar-refractivity contribution in [1.82, 2.24) is 0 Å². The van der Waals surface area contributed by atoms with Gasteiger partial charge in [0, 0.05) is 4.47 Å². The molecule has 7 aromatic carbocycles. The largest absolute Gasteiger partial charge is 0.0616 e. The number of benzene rings is 7. The SMILES string of the molecule is Brc1ccc(-c2c3ccccc3c(-c3ccc(-c4ccc5ccccc5c4)cc3)c3ccccc23)cc1. The molecule has 0 spiro atoms. The van der Waals surface area contributed by atoms with Crippen molar-refractivity contribution in [3.8, 4) is 33.4 Å². The molecule has 0 N–H and O–H groups in total. The topological polar surface area (TPSA) is 0 Å². The third-order valence-corrected chi connectivity index (χ3v) is 7.85. The van der Waals surface area contributed by atoms with E-state index in [0.717, 1.165) is 4.47 Å². The molecule has 7 rings (SSSR count). The smallest absolute Gasteiger partial charge is 0.0175 e. The van der Waals surface area contributed by atoms with Crippen LogP contribution in [0.4, 0.5) is 0 Å². The first-order chi connectivity index (χ1) is 18.3. The molecule has 0 atom stereocenters. The molecule has 0 saturated carbocycles. The van der Waals surface area contributed by atoms with Gasteiger partial charge >= 0.3 is 0 Å². The Balaban J connectivity index is 1.43. The number of rotatable bonds is 3. The Hall–Kier alpha value is -4.20. The normalized spacial score (nSPS) is 11.4. The van der Waals surface area contributed by atoms with E-state index in [1.54, 1.807) is 0 Å². The first-order valence-corrected chi connectivity index (χ1v) is 13.3. The average molecular weight is 535 g/mol. The molecule has 0 aliphatic carbocycles. The van der Waals surface area contributed by atoms with Crippen LogP contribution < -0.4 is 0 Å². The van der Waals surface area contributed by atoms with Gasteiger partial charge in [-0.2, -0.15) is 0 Å². The minimum absolute atomic E-state index is 1.09. The first kappa shape index (κ1) is 22.0. The summed E-state index contributed by atoms with van der Waals surface area (Å²) in [6.45, 7) is 0. The van der Waals surface area contributed by atoms with E-state index in [0.29, 0.717) is 0 Å². The Bertz CT molecular complexity index is 1860. The Morgan fingerprint density at radius 1 is 0.324 bits per heavy atom. The Labute approximate surface area is 225 Å². The molecule has 0 unspecified atom stereocenters.